The molecule has 1 saturated heterocycles. The largest absolute Gasteiger partial charge is 0.444 e. The van der Waals surface area contributed by atoms with Gasteiger partial charge >= 0.3 is 6.09 Å². The molecule has 22 heavy (non-hydrogen) atoms. The summed E-state index contributed by atoms with van der Waals surface area (Å²) in [6.45, 7) is 13.1. The lowest BCUT2D eigenvalue weighted by Gasteiger charge is -2.26. The van der Waals surface area contributed by atoms with Crippen LogP contribution in [0.3, 0.4) is 0 Å². The van der Waals surface area contributed by atoms with Gasteiger partial charge in [-0.3, -0.25) is 0 Å². The molecule has 1 fully saturated rings. The molecular formula is C18H36N2O2. The fraction of sp³-hybridized carbons (Fsp3) is 0.944. The van der Waals surface area contributed by atoms with E-state index < -0.39 is 5.60 Å². The molecule has 1 aliphatic heterocycles. The molecule has 1 unspecified atom stereocenters. The van der Waals surface area contributed by atoms with E-state index >= 15 is 0 Å². The van der Waals surface area contributed by atoms with Crippen molar-refractivity contribution < 1.29 is 9.53 Å². The van der Waals surface area contributed by atoms with E-state index in [4.69, 9.17) is 4.74 Å². The average molecular weight is 312 g/mol. The smallest absolute Gasteiger partial charge is 0.410 e. The van der Waals surface area contributed by atoms with Crippen molar-refractivity contribution in [3.63, 3.8) is 0 Å². The molecule has 0 spiro atoms. The molecule has 0 aromatic carbocycles. The highest BCUT2D eigenvalue weighted by Gasteiger charge is 2.24. The van der Waals surface area contributed by atoms with Crippen LogP contribution in [-0.2, 0) is 4.74 Å². The number of hydrogen-bond donors (Lipinski definition) is 1. The molecule has 4 nitrogen and oxygen atoms in total. The van der Waals surface area contributed by atoms with Gasteiger partial charge in [0.25, 0.3) is 0 Å². The number of amides is 1. The van der Waals surface area contributed by atoms with E-state index in [0.29, 0.717) is 6.04 Å². The van der Waals surface area contributed by atoms with Gasteiger partial charge in [-0.15, -0.1) is 0 Å². The minimum atomic E-state index is -0.405. The molecule has 0 aromatic heterocycles. The van der Waals surface area contributed by atoms with Crippen molar-refractivity contribution >= 4 is 6.09 Å². The first-order chi connectivity index (χ1) is 10.3. The minimum absolute atomic E-state index is 0.162. The van der Waals surface area contributed by atoms with Crippen molar-refractivity contribution in [2.45, 2.75) is 84.8 Å². The highest BCUT2D eigenvalue weighted by molar-refractivity contribution is 5.68. The summed E-state index contributed by atoms with van der Waals surface area (Å²) in [6.07, 6.45) is 6.96. The summed E-state index contributed by atoms with van der Waals surface area (Å²) in [5.74, 6) is 0.806. The van der Waals surface area contributed by atoms with Crippen LogP contribution in [0.15, 0.2) is 0 Å². The van der Waals surface area contributed by atoms with E-state index in [2.05, 4.69) is 19.2 Å². The number of carbonyl (C=O) groups excluding carboxylic acids is 1. The van der Waals surface area contributed by atoms with Gasteiger partial charge in [0.1, 0.15) is 5.60 Å². The number of nitrogens with one attached hydrogen (secondary N) is 1. The first-order valence-electron chi connectivity index (χ1n) is 8.99. The molecule has 0 bridgehead atoms. The van der Waals surface area contributed by atoms with Crippen molar-refractivity contribution in [2.24, 2.45) is 5.92 Å². The molecule has 1 heterocycles. The van der Waals surface area contributed by atoms with Gasteiger partial charge in [-0.1, -0.05) is 26.7 Å². The summed E-state index contributed by atoms with van der Waals surface area (Å²) >= 11 is 0. The third-order valence-electron chi connectivity index (χ3n) is 4.02. The maximum atomic E-state index is 12.1. The standard InChI is InChI=1S/C18H36N2O2/c1-15(2)9-6-7-12-19-16-10-8-13-20(14-11-16)17(21)22-18(3,4)5/h15-16,19H,6-14H2,1-5H3. The Labute approximate surface area is 137 Å². The number of nitrogens with zero attached hydrogens (tertiary/aromatic N) is 1. The number of unbranched alkanes of at least 4 members (excludes halogenated alkanes) is 1. The summed E-state index contributed by atoms with van der Waals surface area (Å²) in [5.41, 5.74) is -0.405. The molecule has 4 heteroatoms. The summed E-state index contributed by atoms with van der Waals surface area (Å²) in [5, 5.41) is 3.66. The first kappa shape index (κ1) is 19.3. The Morgan fingerprint density at radius 3 is 2.59 bits per heavy atom. The van der Waals surface area contributed by atoms with E-state index in [-0.39, 0.29) is 6.09 Å². The van der Waals surface area contributed by atoms with Crippen LogP contribution in [0.2, 0.25) is 0 Å². The molecule has 0 radical (unpaired) electrons. The Bertz CT molecular complexity index is 324. The molecule has 1 amide bonds. The summed E-state index contributed by atoms with van der Waals surface area (Å²) in [7, 11) is 0. The topological polar surface area (TPSA) is 41.6 Å². The zero-order valence-corrected chi connectivity index (χ0v) is 15.3. The predicted molar refractivity (Wildman–Crippen MR) is 92.1 cm³/mol. The molecule has 0 aromatic rings. The molecular weight excluding hydrogens is 276 g/mol. The zero-order valence-electron chi connectivity index (χ0n) is 15.3. The van der Waals surface area contributed by atoms with Crippen LogP contribution < -0.4 is 5.32 Å². The van der Waals surface area contributed by atoms with Crippen molar-refractivity contribution in [2.75, 3.05) is 19.6 Å². The molecule has 130 valence electrons. The second-order valence-electron chi connectivity index (χ2n) is 7.94. The number of likely N-dealkylation sites (tertiary alicyclic amines) is 1. The van der Waals surface area contributed by atoms with E-state index in [0.717, 1.165) is 44.8 Å². The molecule has 0 saturated carbocycles. The molecule has 0 aliphatic carbocycles. The molecule has 1 rings (SSSR count). The normalized spacial score (nSPS) is 20.1. The van der Waals surface area contributed by atoms with Gasteiger partial charge in [-0.25, -0.2) is 4.79 Å². The van der Waals surface area contributed by atoms with E-state index in [9.17, 15) is 4.79 Å². The second kappa shape index (κ2) is 9.39. The highest BCUT2D eigenvalue weighted by Crippen LogP contribution is 2.15. The van der Waals surface area contributed by atoms with Gasteiger partial charge in [0.2, 0.25) is 0 Å². The predicted octanol–water partition coefficient (Wildman–Crippen LogP) is 4.19. The van der Waals surface area contributed by atoms with Crippen LogP contribution in [0.1, 0.15) is 73.1 Å². The number of hydrogen-bond acceptors (Lipinski definition) is 3. The van der Waals surface area contributed by atoms with Crippen molar-refractivity contribution in [1.82, 2.24) is 10.2 Å². The van der Waals surface area contributed by atoms with Crippen molar-refractivity contribution in [3.8, 4) is 0 Å². The van der Waals surface area contributed by atoms with E-state index in [1.54, 1.807) is 0 Å². The van der Waals surface area contributed by atoms with Crippen LogP contribution in [0.5, 0.6) is 0 Å². The Morgan fingerprint density at radius 2 is 1.95 bits per heavy atom. The van der Waals surface area contributed by atoms with Crippen LogP contribution in [0, 0.1) is 5.92 Å². The maximum Gasteiger partial charge on any atom is 0.410 e. The Balaban J connectivity index is 2.23. The van der Waals surface area contributed by atoms with Gasteiger partial charge in [0.15, 0.2) is 0 Å². The lowest BCUT2D eigenvalue weighted by molar-refractivity contribution is 0.0256. The van der Waals surface area contributed by atoms with Gasteiger partial charge in [-0.05, 0) is 58.9 Å². The lowest BCUT2D eigenvalue weighted by atomic mass is 10.1. The van der Waals surface area contributed by atoms with Crippen LogP contribution in [0.25, 0.3) is 0 Å². The third-order valence-corrected chi connectivity index (χ3v) is 4.02. The zero-order chi connectivity index (χ0) is 16.6. The molecule has 1 aliphatic rings. The first-order valence-corrected chi connectivity index (χ1v) is 8.99. The Hall–Kier alpha value is -0.770. The van der Waals surface area contributed by atoms with E-state index in [1.165, 1.54) is 19.3 Å². The maximum absolute atomic E-state index is 12.1. The van der Waals surface area contributed by atoms with Crippen LogP contribution in [0.4, 0.5) is 4.79 Å². The number of rotatable bonds is 6. The fourth-order valence-electron chi connectivity index (χ4n) is 2.79. The second-order valence-corrected chi connectivity index (χ2v) is 7.94. The SMILES string of the molecule is CC(C)CCCCNC1CCCN(C(=O)OC(C)(C)C)CC1. The van der Waals surface area contributed by atoms with Crippen molar-refractivity contribution in [1.29, 1.82) is 0 Å². The van der Waals surface area contributed by atoms with Crippen molar-refractivity contribution in [3.05, 3.63) is 0 Å². The third kappa shape index (κ3) is 8.62. The van der Waals surface area contributed by atoms with Gasteiger partial charge < -0.3 is 15.0 Å². The van der Waals surface area contributed by atoms with Gasteiger partial charge in [0, 0.05) is 19.1 Å². The van der Waals surface area contributed by atoms with Crippen LogP contribution in [-0.4, -0.2) is 42.3 Å². The number of carbonyl (C=O) groups is 1. The lowest BCUT2D eigenvalue weighted by Crippen LogP contribution is -2.38. The van der Waals surface area contributed by atoms with Gasteiger partial charge in [-0.2, -0.15) is 0 Å². The number of ether oxygens (including phenoxy) is 1. The quantitative estimate of drug-likeness (QED) is 0.748. The monoisotopic (exact) mass is 312 g/mol. The summed E-state index contributed by atoms with van der Waals surface area (Å²) in [4.78, 5) is 14.0. The highest BCUT2D eigenvalue weighted by atomic mass is 16.6. The molecule has 1 atom stereocenters. The molecule has 1 N–H and O–H groups in total. The Morgan fingerprint density at radius 1 is 1.23 bits per heavy atom. The fourth-order valence-corrected chi connectivity index (χ4v) is 2.79. The minimum Gasteiger partial charge on any atom is -0.444 e. The summed E-state index contributed by atoms with van der Waals surface area (Å²) in [6, 6.07) is 0.548. The van der Waals surface area contributed by atoms with Gasteiger partial charge in [0.05, 0.1) is 0 Å². The van der Waals surface area contributed by atoms with Crippen LogP contribution >= 0.6 is 0 Å². The Kier molecular flexibility index (Phi) is 8.23. The average Bonchev–Trinajstić information content (AvgIpc) is 2.61. The van der Waals surface area contributed by atoms with E-state index in [1.807, 2.05) is 25.7 Å². The summed E-state index contributed by atoms with van der Waals surface area (Å²) < 4.78 is 5.47.